The van der Waals surface area contributed by atoms with Crippen LogP contribution in [0.2, 0.25) is 0 Å². The molecule has 0 bridgehead atoms. The standard InChI is InChI=1S/C22H31FN4O7/c23-20-16(14-33-19-6-2-4-11-31-19)22(25-26-24,8-12-32-18-5-1-3-10-30-18)34-21(20)27-9-7-15(28)13-17(27)29/h7,9,16,18-21H,1-6,8,10-14H2/t16-,18?,19?,20+,21+,22+/m0/s1. The summed E-state index contributed by atoms with van der Waals surface area (Å²) in [5.41, 5.74) is 7.67. The number of ketones is 1. The number of rotatable bonds is 9. The zero-order valence-corrected chi connectivity index (χ0v) is 19.1. The molecule has 4 heterocycles. The van der Waals surface area contributed by atoms with Gasteiger partial charge in [-0.2, -0.15) is 0 Å². The van der Waals surface area contributed by atoms with Gasteiger partial charge in [-0.3, -0.25) is 14.5 Å². The Hall–Kier alpha value is -2.08. The maximum absolute atomic E-state index is 15.9. The summed E-state index contributed by atoms with van der Waals surface area (Å²) in [6, 6.07) is 0. The van der Waals surface area contributed by atoms with Gasteiger partial charge in [0, 0.05) is 30.7 Å². The predicted octanol–water partition coefficient (Wildman–Crippen LogP) is 3.10. The van der Waals surface area contributed by atoms with Gasteiger partial charge in [-0.1, -0.05) is 5.11 Å². The lowest BCUT2D eigenvalue weighted by Gasteiger charge is -2.32. The molecule has 4 aliphatic rings. The number of carbonyl (C=O) groups is 2. The van der Waals surface area contributed by atoms with Crippen molar-refractivity contribution in [1.82, 2.24) is 4.90 Å². The van der Waals surface area contributed by atoms with Crippen LogP contribution in [0.15, 0.2) is 17.4 Å². The average molecular weight is 483 g/mol. The highest BCUT2D eigenvalue weighted by molar-refractivity contribution is 6.06. The summed E-state index contributed by atoms with van der Waals surface area (Å²) >= 11 is 0. The topological polar surface area (TPSA) is 132 Å². The fourth-order valence-electron chi connectivity index (χ4n) is 4.71. The summed E-state index contributed by atoms with van der Waals surface area (Å²) in [7, 11) is 0. The molecule has 0 aromatic heterocycles. The Labute approximate surface area is 197 Å². The maximum Gasteiger partial charge on any atom is 0.236 e. The first kappa shape index (κ1) is 25.0. The van der Waals surface area contributed by atoms with E-state index in [1.54, 1.807) is 0 Å². The van der Waals surface area contributed by atoms with Crippen LogP contribution in [-0.2, 0) is 33.3 Å². The Morgan fingerprint density at radius 3 is 2.47 bits per heavy atom. The molecule has 12 heteroatoms. The number of hydrogen-bond donors (Lipinski definition) is 0. The Balaban J connectivity index is 1.51. The lowest BCUT2D eigenvalue weighted by Crippen LogP contribution is -2.44. The number of allylic oxidation sites excluding steroid dienone is 1. The SMILES string of the molecule is [N-]=[N+]=N[C@]1(CCOC2CCCCO2)O[C@@H](N2C=CC(=O)CC2=O)[C@H](F)[C@@H]1COC1CCCCO1. The van der Waals surface area contributed by atoms with Crippen molar-refractivity contribution in [3.8, 4) is 0 Å². The number of amides is 1. The van der Waals surface area contributed by atoms with Crippen LogP contribution in [0.25, 0.3) is 10.4 Å². The molecule has 6 atom stereocenters. The molecule has 0 spiro atoms. The molecular weight excluding hydrogens is 451 g/mol. The van der Waals surface area contributed by atoms with E-state index in [0.29, 0.717) is 19.6 Å². The number of nitrogens with zero attached hydrogens (tertiary/aromatic N) is 4. The monoisotopic (exact) mass is 482 g/mol. The first-order chi connectivity index (χ1) is 16.5. The number of alkyl halides is 1. The van der Waals surface area contributed by atoms with Gasteiger partial charge in [0.2, 0.25) is 5.91 Å². The van der Waals surface area contributed by atoms with Gasteiger partial charge < -0.3 is 23.7 Å². The zero-order chi connectivity index (χ0) is 24.0. The van der Waals surface area contributed by atoms with Crippen molar-refractivity contribution in [3.63, 3.8) is 0 Å². The van der Waals surface area contributed by atoms with Crippen molar-refractivity contribution in [3.05, 3.63) is 22.7 Å². The highest BCUT2D eigenvalue weighted by Crippen LogP contribution is 2.44. The van der Waals surface area contributed by atoms with E-state index in [-0.39, 0.29) is 38.1 Å². The molecule has 1 amide bonds. The fourth-order valence-corrected chi connectivity index (χ4v) is 4.71. The first-order valence-corrected chi connectivity index (χ1v) is 11.9. The molecule has 0 N–H and O–H groups in total. The van der Waals surface area contributed by atoms with Crippen LogP contribution >= 0.6 is 0 Å². The van der Waals surface area contributed by atoms with E-state index in [1.807, 2.05) is 0 Å². The number of halogens is 1. The van der Waals surface area contributed by atoms with Crippen LogP contribution in [0.4, 0.5) is 4.39 Å². The highest BCUT2D eigenvalue weighted by Gasteiger charge is 2.58. The molecule has 0 radical (unpaired) electrons. The summed E-state index contributed by atoms with van der Waals surface area (Å²) in [5.74, 6) is -1.97. The van der Waals surface area contributed by atoms with E-state index in [2.05, 4.69) is 10.0 Å². The van der Waals surface area contributed by atoms with Gasteiger partial charge in [0.25, 0.3) is 0 Å². The third-order valence-electron chi connectivity index (χ3n) is 6.59. The molecule has 0 aromatic carbocycles. The van der Waals surface area contributed by atoms with E-state index in [4.69, 9.17) is 23.7 Å². The number of azide groups is 1. The summed E-state index contributed by atoms with van der Waals surface area (Å²) in [6.45, 7) is 1.14. The lowest BCUT2D eigenvalue weighted by atomic mass is 9.91. The third-order valence-corrected chi connectivity index (χ3v) is 6.59. The van der Waals surface area contributed by atoms with Crippen molar-refractivity contribution in [2.75, 3.05) is 26.4 Å². The van der Waals surface area contributed by atoms with E-state index < -0.39 is 36.2 Å². The second-order valence-corrected chi connectivity index (χ2v) is 8.90. The second-order valence-electron chi connectivity index (χ2n) is 8.90. The van der Waals surface area contributed by atoms with Crippen LogP contribution in [0.1, 0.15) is 51.4 Å². The smallest absolute Gasteiger partial charge is 0.236 e. The van der Waals surface area contributed by atoms with Gasteiger partial charge in [0.1, 0.15) is 0 Å². The van der Waals surface area contributed by atoms with Gasteiger partial charge >= 0.3 is 0 Å². The molecule has 188 valence electrons. The minimum atomic E-state index is -1.73. The molecule has 0 aromatic rings. The minimum Gasteiger partial charge on any atom is -0.353 e. The normalized spacial score (nSPS) is 36.5. The van der Waals surface area contributed by atoms with Crippen molar-refractivity contribution in [2.24, 2.45) is 11.0 Å². The van der Waals surface area contributed by atoms with Crippen LogP contribution in [0.5, 0.6) is 0 Å². The molecule has 0 aliphatic carbocycles. The third kappa shape index (κ3) is 5.76. The summed E-state index contributed by atoms with van der Waals surface area (Å²) in [6.07, 6.45) is 3.37. The number of carbonyl (C=O) groups excluding carboxylic acids is 2. The predicted molar refractivity (Wildman–Crippen MR) is 114 cm³/mol. The molecule has 34 heavy (non-hydrogen) atoms. The summed E-state index contributed by atoms with van der Waals surface area (Å²) in [4.78, 5) is 28.0. The zero-order valence-electron chi connectivity index (χ0n) is 19.1. The van der Waals surface area contributed by atoms with E-state index in [9.17, 15) is 15.1 Å². The second kappa shape index (κ2) is 11.6. The average Bonchev–Trinajstić information content (AvgIpc) is 3.10. The first-order valence-electron chi connectivity index (χ1n) is 11.9. The molecule has 0 saturated carbocycles. The molecule has 4 aliphatic heterocycles. The quantitative estimate of drug-likeness (QED) is 0.213. The lowest BCUT2D eigenvalue weighted by molar-refractivity contribution is -0.190. The van der Waals surface area contributed by atoms with E-state index in [1.165, 1.54) is 12.3 Å². The van der Waals surface area contributed by atoms with Crippen LogP contribution in [0.3, 0.4) is 0 Å². The highest BCUT2D eigenvalue weighted by atomic mass is 19.1. The van der Waals surface area contributed by atoms with E-state index >= 15 is 4.39 Å². The van der Waals surface area contributed by atoms with Gasteiger partial charge in [0.15, 0.2) is 36.5 Å². The molecule has 11 nitrogen and oxygen atoms in total. The van der Waals surface area contributed by atoms with Crippen molar-refractivity contribution in [1.29, 1.82) is 0 Å². The molecule has 2 unspecified atom stereocenters. The Bertz CT molecular complexity index is 811. The van der Waals surface area contributed by atoms with Crippen molar-refractivity contribution in [2.45, 2.75) is 82.1 Å². The van der Waals surface area contributed by atoms with Gasteiger partial charge in [-0.15, -0.1) is 0 Å². The summed E-state index contributed by atoms with van der Waals surface area (Å²) < 4.78 is 44.7. The van der Waals surface area contributed by atoms with Crippen LogP contribution in [0, 0.1) is 5.92 Å². The van der Waals surface area contributed by atoms with Crippen molar-refractivity contribution < 1.29 is 37.7 Å². The fraction of sp³-hybridized carbons (Fsp3) is 0.818. The molecule has 3 fully saturated rings. The van der Waals surface area contributed by atoms with Crippen molar-refractivity contribution >= 4 is 11.7 Å². The minimum absolute atomic E-state index is 0.0397. The maximum atomic E-state index is 15.9. The number of ether oxygens (including phenoxy) is 5. The molecular formula is C22H31FN4O7. The van der Waals surface area contributed by atoms with Gasteiger partial charge in [0.05, 0.1) is 25.6 Å². The molecule has 3 saturated heterocycles. The largest absolute Gasteiger partial charge is 0.353 e. The Morgan fingerprint density at radius 1 is 1.15 bits per heavy atom. The van der Waals surface area contributed by atoms with Crippen LogP contribution < -0.4 is 0 Å². The summed E-state index contributed by atoms with van der Waals surface area (Å²) in [5, 5.41) is 3.87. The Kier molecular flexibility index (Phi) is 8.51. The number of hydrogen-bond acceptors (Lipinski definition) is 8. The van der Waals surface area contributed by atoms with Crippen LogP contribution in [-0.4, -0.2) is 73.7 Å². The van der Waals surface area contributed by atoms with Gasteiger partial charge in [-0.25, -0.2) is 4.39 Å². The Morgan fingerprint density at radius 2 is 1.85 bits per heavy atom. The van der Waals surface area contributed by atoms with Gasteiger partial charge in [-0.05, 0) is 50.1 Å². The molecule has 4 rings (SSSR count). The van der Waals surface area contributed by atoms with E-state index in [0.717, 1.165) is 37.0 Å².